The van der Waals surface area contributed by atoms with Crippen LogP contribution >= 0.6 is 0 Å². The number of nitrogens with one attached hydrogen (secondary N) is 1. The molecule has 1 fully saturated rings. The maximum absolute atomic E-state index is 4.39. The maximum Gasteiger partial charge on any atom is 0.155 e. The summed E-state index contributed by atoms with van der Waals surface area (Å²) in [5.74, 6) is 0.902. The topological polar surface area (TPSA) is 42.2 Å². The smallest absolute Gasteiger partial charge is 0.155 e. The molecular weight excluding hydrogens is 212 g/mol. The average Bonchev–Trinajstić information content (AvgIpc) is 2.61. The number of fused-ring (bicyclic) bond motifs is 1. The quantitative estimate of drug-likeness (QED) is 0.872. The van der Waals surface area contributed by atoms with Gasteiger partial charge in [-0.25, -0.2) is 9.50 Å². The second-order valence-electron chi connectivity index (χ2n) is 4.98. The van der Waals surface area contributed by atoms with Crippen LogP contribution in [0.25, 0.3) is 5.65 Å². The first kappa shape index (κ1) is 10.7. The summed E-state index contributed by atoms with van der Waals surface area (Å²) in [6.45, 7) is 4.01. The van der Waals surface area contributed by atoms with Gasteiger partial charge in [0.15, 0.2) is 5.65 Å². The van der Waals surface area contributed by atoms with Crippen LogP contribution in [0, 0.1) is 12.8 Å². The predicted molar refractivity (Wildman–Crippen MR) is 66.8 cm³/mol. The van der Waals surface area contributed by atoms with Gasteiger partial charge in [-0.15, -0.1) is 0 Å². The van der Waals surface area contributed by atoms with Crippen molar-refractivity contribution in [3.8, 4) is 0 Å². The highest BCUT2D eigenvalue weighted by molar-refractivity contribution is 5.38. The molecule has 0 saturated heterocycles. The molecule has 4 nitrogen and oxygen atoms in total. The highest BCUT2D eigenvalue weighted by Crippen LogP contribution is 2.25. The molecule has 0 aromatic carbocycles. The van der Waals surface area contributed by atoms with E-state index in [1.54, 1.807) is 0 Å². The van der Waals surface area contributed by atoms with Gasteiger partial charge in [0, 0.05) is 30.6 Å². The fourth-order valence-electron chi connectivity index (χ4n) is 2.24. The molecule has 0 aliphatic heterocycles. The molecule has 0 unspecified atom stereocenters. The van der Waals surface area contributed by atoms with Gasteiger partial charge < -0.3 is 5.32 Å². The molecule has 1 aliphatic carbocycles. The Hall–Kier alpha value is -1.42. The average molecular weight is 230 g/mol. The number of aryl methyl sites for hydroxylation is 1. The van der Waals surface area contributed by atoms with Gasteiger partial charge in [-0.2, -0.15) is 5.10 Å². The summed E-state index contributed by atoms with van der Waals surface area (Å²) in [6, 6.07) is 1.99. The normalized spacial score (nSPS) is 16.3. The first-order chi connectivity index (χ1) is 8.31. The maximum atomic E-state index is 4.39. The molecule has 0 atom stereocenters. The zero-order valence-corrected chi connectivity index (χ0v) is 10.2. The van der Waals surface area contributed by atoms with E-state index in [4.69, 9.17) is 0 Å². The van der Waals surface area contributed by atoms with Gasteiger partial charge in [0.05, 0.1) is 5.69 Å². The lowest BCUT2D eigenvalue weighted by molar-refractivity contribution is 0.301. The van der Waals surface area contributed by atoms with Crippen molar-refractivity contribution < 1.29 is 0 Å². The molecule has 1 aliphatic rings. The highest BCUT2D eigenvalue weighted by atomic mass is 15.2. The Morgan fingerprint density at radius 3 is 3.12 bits per heavy atom. The van der Waals surface area contributed by atoms with Crippen molar-refractivity contribution in [1.29, 1.82) is 0 Å². The van der Waals surface area contributed by atoms with E-state index in [1.807, 2.05) is 23.7 Å². The Labute approximate surface area is 101 Å². The molecule has 90 valence electrons. The van der Waals surface area contributed by atoms with E-state index in [1.165, 1.54) is 24.8 Å². The Kier molecular flexibility index (Phi) is 2.81. The Morgan fingerprint density at radius 2 is 2.35 bits per heavy atom. The van der Waals surface area contributed by atoms with Gasteiger partial charge in [-0.05, 0) is 32.2 Å². The van der Waals surface area contributed by atoms with E-state index >= 15 is 0 Å². The first-order valence-electron chi connectivity index (χ1n) is 6.33. The van der Waals surface area contributed by atoms with Gasteiger partial charge in [0.25, 0.3) is 0 Å². The number of hydrogen-bond donors (Lipinski definition) is 1. The second-order valence-corrected chi connectivity index (χ2v) is 4.98. The molecule has 0 amide bonds. The van der Waals surface area contributed by atoms with E-state index < -0.39 is 0 Å². The lowest BCUT2D eigenvalue weighted by atomic mass is 9.85. The molecule has 4 heteroatoms. The minimum absolute atomic E-state index is 0.887. The molecule has 1 saturated carbocycles. The Morgan fingerprint density at radius 1 is 1.47 bits per heavy atom. The summed E-state index contributed by atoms with van der Waals surface area (Å²) >= 11 is 0. The predicted octanol–water partition coefficient (Wildman–Crippen LogP) is 1.93. The van der Waals surface area contributed by atoms with Crippen molar-refractivity contribution in [3.05, 3.63) is 29.7 Å². The lowest BCUT2D eigenvalue weighted by Gasteiger charge is -2.25. The molecule has 2 aromatic heterocycles. The van der Waals surface area contributed by atoms with Crippen LogP contribution in [0.15, 0.2) is 18.5 Å². The van der Waals surface area contributed by atoms with Crippen LogP contribution in [0.2, 0.25) is 0 Å². The second kappa shape index (κ2) is 4.45. The summed E-state index contributed by atoms with van der Waals surface area (Å²) in [6.07, 6.45) is 8.19. The molecular formula is C13H18N4. The molecule has 0 spiro atoms. The monoisotopic (exact) mass is 230 g/mol. The van der Waals surface area contributed by atoms with E-state index in [-0.39, 0.29) is 0 Å². The molecule has 0 bridgehead atoms. The molecule has 0 radical (unpaired) electrons. The van der Waals surface area contributed by atoms with Crippen LogP contribution in [0.1, 0.15) is 30.5 Å². The standard InChI is InChI=1S/C13H18N4/c1-10-5-13-15-8-12(9-17(13)16-10)7-14-6-11-3-2-4-11/h5,8-9,11,14H,2-4,6-7H2,1H3. The molecule has 2 heterocycles. The summed E-state index contributed by atoms with van der Waals surface area (Å²) in [5.41, 5.74) is 3.13. The summed E-state index contributed by atoms with van der Waals surface area (Å²) in [4.78, 5) is 4.39. The number of hydrogen-bond acceptors (Lipinski definition) is 3. The summed E-state index contributed by atoms with van der Waals surface area (Å²) in [5, 5.41) is 7.86. The number of nitrogens with zero attached hydrogens (tertiary/aromatic N) is 3. The van der Waals surface area contributed by atoms with E-state index in [2.05, 4.69) is 21.6 Å². The van der Waals surface area contributed by atoms with Crippen LogP contribution in [0.5, 0.6) is 0 Å². The van der Waals surface area contributed by atoms with Gasteiger partial charge in [-0.1, -0.05) is 6.42 Å². The van der Waals surface area contributed by atoms with Crippen LogP contribution in [-0.4, -0.2) is 21.1 Å². The SMILES string of the molecule is Cc1cc2ncc(CNCC3CCC3)cn2n1. The third-order valence-corrected chi connectivity index (χ3v) is 3.48. The zero-order chi connectivity index (χ0) is 11.7. The zero-order valence-electron chi connectivity index (χ0n) is 10.2. The van der Waals surface area contributed by atoms with Gasteiger partial charge in [0.1, 0.15) is 0 Å². The third-order valence-electron chi connectivity index (χ3n) is 3.48. The molecule has 2 aromatic rings. The van der Waals surface area contributed by atoms with Crippen molar-refractivity contribution in [2.75, 3.05) is 6.54 Å². The summed E-state index contributed by atoms with van der Waals surface area (Å²) in [7, 11) is 0. The molecule has 3 rings (SSSR count). The van der Waals surface area contributed by atoms with Crippen LogP contribution in [0.3, 0.4) is 0 Å². The van der Waals surface area contributed by atoms with E-state index in [0.717, 1.165) is 30.3 Å². The van der Waals surface area contributed by atoms with Crippen LogP contribution < -0.4 is 5.32 Å². The fraction of sp³-hybridized carbons (Fsp3) is 0.538. The van der Waals surface area contributed by atoms with Crippen molar-refractivity contribution in [1.82, 2.24) is 19.9 Å². The minimum Gasteiger partial charge on any atom is -0.312 e. The van der Waals surface area contributed by atoms with Crippen molar-refractivity contribution >= 4 is 5.65 Å². The van der Waals surface area contributed by atoms with Crippen molar-refractivity contribution in [2.24, 2.45) is 5.92 Å². The highest BCUT2D eigenvalue weighted by Gasteiger charge is 2.16. The van der Waals surface area contributed by atoms with Gasteiger partial charge in [0.2, 0.25) is 0 Å². The van der Waals surface area contributed by atoms with Crippen molar-refractivity contribution in [2.45, 2.75) is 32.7 Å². The minimum atomic E-state index is 0.887. The Balaban J connectivity index is 1.63. The largest absolute Gasteiger partial charge is 0.312 e. The van der Waals surface area contributed by atoms with Crippen LogP contribution in [-0.2, 0) is 6.54 Å². The Bertz CT molecular complexity index is 513. The van der Waals surface area contributed by atoms with Gasteiger partial charge >= 0.3 is 0 Å². The van der Waals surface area contributed by atoms with Crippen LogP contribution in [0.4, 0.5) is 0 Å². The van der Waals surface area contributed by atoms with E-state index in [0.29, 0.717) is 0 Å². The van der Waals surface area contributed by atoms with Crippen molar-refractivity contribution in [3.63, 3.8) is 0 Å². The summed E-state index contributed by atoms with van der Waals surface area (Å²) < 4.78 is 1.86. The third kappa shape index (κ3) is 2.31. The molecule has 1 N–H and O–H groups in total. The lowest BCUT2D eigenvalue weighted by Crippen LogP contribution is -2.27. The first-order valence-corrected chi connectivity index (χ1v) is 6.33. The number of rotatable bonds is 4. The molecule has 17 heavy (non-hydrogen) atoms. The van der Waals surface area contributed by atoms with Gasteiger partial charge in [-0.3, -0.25) is 0 Å². The number of aromatic nitrogens is 3. The fourth-order valence-corrected chi connectivity index (χ4v) is 2.24. The van der Waals surface area contributed by atoms with E-state index in [9.17, 15) is 0 Å².